The molecule has 5 heteroatoms. The molecule has 1 aromatic rings. The Morgan fingerprint density at radius 2 is 2.25 bits per heavy atom. The van der Waals surface area contributed by atoms with Crippen LogP contribution in [0.15, 0.2) is 24.3 Å². The van der Waals surface area contributed by atoms with E-state index in [9.17, 15) is 4.79 Å². The molecular weight excluding hydrogens is 256 g/mol. The maximum Gasteiger partial charge on any atom is 0.240 e. The maximum atomic E-state index is 12.1. The van der Waals surface area contributed by atoms with Gasteiger partial charge in [-0.05, 0) is 31.5 Å². The first kappa shape index (κ1) is 14.8. The quantitative estimate of drug-likeness (QED) is 0.851. The van der Waals surface area contributed by atoms with E-state index in [1.54, 1.807) is 0 Å². The van der Waals surface area contributed by atoms with Crippen LogP contribution in [0.4, 0.5) is 0 Å². The van der Waals surface area contributed by atoms with Crippen molar-refractivity contribution < 1.29 is 14.3 Å². The lowest BCUT2D eigenvalue weighted by Crippen LogP contribution is -2.51. The molecule has 0 aliphatic carbocycles. The number of carbonyl (C=O) groups excluding carboxylic acids is 1. The molecule has 0 spiro atoms. The largest absolute Gasteiger partial charge is 0.494 e. The lowest BCUT2D eigenvalue weighted by atomic mass is 10.1. The van der Waals surface area contributed by atoms with Crippen LogP contribution in [0.2, 0.25) is 0 Å². The third kappa shape index (κ3) is 3.95. The Balaban J connectivity index is 1.89. The molecule has 2 unspecified atom stereocenters. The van der Waals surface area contributed by atoms with E-state index < -0.39 is 0 Å². The number of hydrogen-bond acceptors (Lipinski definition) is 4. The van der Waals surface area contributed by atoms with Crippen molar-refractivity contribution in [3.8, 4) is 5.75 Å². The van der Waals surface area contributed by atoms with Crippen molar-refractivity contribution in [3.05, 3.63) is 29.8 Å². The summed E-state index contributed by atoms with van der Waals surface area (Å²) in [5, 5.41) is 6.14. The molecule has 2 atom stereocenters. The SMILES string of the molecule is CCOc1ccc(C(C)NC(=O)C2COCCN2)cc1. The van der Waals surface area contributed by atoms with Gasteiger partial charge in [0.05, 0.1) is 25.9 Å². The van der Waals surface area contributed by atoms with Crippen molar-refractivity contribution in [1.82, 2.24) is 10.6 Å². The van der Waals surface area contributed by atoms with Gasteiger partial charge in [-0.15, -0.1) is 0 Å². The molecule has 1 saturated heterocycles. The first-order valence-corrected chi connectivity index (χ1v) is 7.05. The average Bonchev–Trinajstić information content (AvgIpc) is 2.49. The predicted molar refractivity (Wildman–Crippen MR) is 76.8 cm³/mol. The Morgan fingerprint density at radius 3 is 2.85 bits per heavy atom. The average molecular weight is 278 g/mol. The van der Waals surface area contributed by atoms with E-state index in [0.29, 0.717) is 19.8 Å². The van der Waals surface area contributed by atoms with Crippen molar-refractivity contribution in [2.24, 2.45) is 0 Å². The van der Waals surface area contributed by atoms with Crippen LogP contribution in [0, 0.1) is 0 Å². The predicted octanol–water partition coefficient (Wildman–Crippen LogP) is 1.25. The zero-order valence-corrected chi connectivity index (χ0v) is 12.0. The third-order valence-electron chi connectivity index (χ3n) is 3.29. The molecular formula is C15H22N2O3. The molecule has 1 aliphatic rings. The molecule has 1 amide bonds. The van der Waals surface area contributed by atoms with Crippen LogP contribution in [0.1, 0.15) is 25.5 Å². The highest BCUT2D eigenvalue weighted by molar-refractivity contribution is 5.82. The van der Waals surface area contributed by atoms with E-state index in [0.717, 1.165) is 17.9 Å². The van der Waals surface area contributed by atoms with Gasteiger partial charge in [-0.25, -0.2) is 0 Å². The second-order valence-corrected chi connectivity index (χ2v) is 4.81. The second kappa shape index (κ2) is 7.26. The smallest absolute Gasteiger partial charge is 0.240 e. The number of rotatable bonds is 5. The number of benzene rings is 1. The van der Waals surface area contributed by atoms with Crippen LogP contribution < -0.4 is 15.4 Å². The lowest BCUT2D eigenvalue weighted by molar-refractivity contribution is -0.126. The van der Waals surface area contributed by atoms with Gasteiger partial charge in [0.1, 0.15) is 11.8 Å². The van der Waals surface area contributed by atoms with E-state index >= 15 is 0 Å². The van der Waals surface area contributed by atoms with Crippen LogP contribution >= 0.6 is 0 Å². The van der Waals surface area contributed by atoms with E-state index in [2.05, 4.69) is 10.6 Å². The number of nitrogens with one attached hydrogen (secondary N) is 2. The zero-order chi connectivity index (χ0) is 14.4. The Bertz CT molecular complexity index is 427. The number of carbonyl (C=O) groups is 1. The Labute approximate surface area is 119 Å². The minimum Gasteiger partial charge on any atom is -0.494 e. The Hall–Kier alpha value is -1.59. The van der Waals surface area contributed by atoms with Gasteiger partial charge in [0.2, 0.25) is 5.91 Å². The summed E-state index contributed by atoms with van der Waals surface area (Å²) < 4.78 is 10.7. The van der Waals surface area contributed by atoms with Crippen LogP contribution in [0.5, 0.6) is 5.75 Å². The molecule has 1 heterocycles. The molecule has 2 N–H and O–H groups in total. The fourth-order valence-electron chi connectivity index (χ4n) is 2.15. The summed E-state index contributed by atoms with van der Waals surface area (Å²) in [7, 11) is 0. The summed E-state index contributed by atoms with van der Waals surface area (Å²) in [4.78, 5) is 12.1. The molecule has 20 heavy (non-hydrogen) atoms. The lowest BCUT2D eigenvalue weighted by Gasteiger charge is -2.25. The Kier molecular flexibility index (Phi) is 5.38. The van der Waals surface area contributed by atoms with E-state index in [-0.39, 0.29) is 18.0 Å². The van der Waals surface area contributed by atoms with E-state index in [1.807, 2.05) is 38.1 Å². The molecule has 110 valence electrons. The second-order valence-electron chi connectivity index (χ2n) is 4.81. The van der Waals surface area contributed by atoms with Gasteiger partial charge in [0.15, 0.2) is 0 Å². The highest BCUT2D eigenvalue weighted by Gasteiger charge is 2.22. The fraction of sp³-hybridized carbons (Fsp3) is 0.533. The highest BCUT2D eigenvalue weighted by atomic mass is 16.5. The third-order valence-corrected chi connectivity index (χ3v) is 3.29. The maximum absolute atomic E-state index is 12.1. The van der Waals surface area contributed by atoms with Gasteiger partial charge >= 0.3 is 0 Å². The van der Waals surface area contributed by atoms with Gasteiger partial charge in [-0.3, -0.25) is 4.79 Å². The number of hydrogen-bond donors (Lipinski definition) is 2. The van der Waals surface area contributed by atoms with Gasteiger partial charge in [-0.1, -0.05) is 12.1 Å². The molecule has 0 saturated carbocycles. The molecule has 0 bridgehead atoms. The number of morpholine rings is 1. The number of amides is 1. The molecule has 2 rings (SSSR count). The van der Waals surface area contributed by atoms with Crippen molar-refractivity contribution in [3.63, 3.8) is 0 Å². The topological polar surface area (TPSA) is 59.6 Å². The summed E-state index contributed by atoms with van der Waals surface area (Å²) in [5.41, 5.74) is 1.05. The van der Waals surface area contributed by atoms with E-state index in [1.165, 1.54) is 0 Å². The summed E-state index contributed by atoms with van der Waals surface area (Å²) in [6, 6.07) is 7.49. The minimum absolute atomic E-state index is 0.0221. The number of ether oxygens (including phenoxy) is 2. The van der Waals surface area contributed by atoms with Gasteiger partial charge in [0, 0.05) is 6.54 Å². The van der Waals surface area contributed by atoms with Crippen molar-refractivity contribution >= 4 is 5.91 Å². The van der Waals surface area contributed by atoms with Crippen LogP contribution in [0.25, 0.3) is 0 Å². The zero-order valence-electron chi connectivity index (χ0n) is 12.0. The first-order chi connectivity index (χ1) is 9.70. The summed E-state index contributed by atoms with van der Waals surface area (Å²) in [6.07, 6.45) is 0. The molecule has 0 aromatic heterocycles. The summed E-state index contributed by atoms with van der Waals surface area (Å²) >= 11 is 0. The van der Waals surface area contributed by atoms with Crippen molar-refractivity contribution in [2.45, 2.75) is 25.9 Å². The Morgan fingerprint density at radius 1 is 1.50 bits per heavy atom. The fourth-order valence-corrected chi connectivity index (χ4v) is 2.15. The minimum atomic E-state index is -0.256. The molecule has 5 nitrogen and oxygen atoms in total. The van der Waals surface area contributed by atoms with Gasteiger partial charge < -0.3 is 20.1 Å². The standard InChI is InChI=1S/C15H22N2O3/c1-3-20-13-6-4-12(5-7-13)11(2)17-15(18)14-10-19-9-8-16-14/h4-7,11,14,16H,3,8-10H2,1-2H3,(H,17,18). The summed E-state index contributed by atoms with van der Waals surface area (Å²) in [6.45, 7) is 6.39. The highest BCUT2D eigenvalue weighted by Crippen LogP contribution is 2.17. The van der Waals surface area contributed by atoms with Crippen LogP contribution in [-0.4, -0.2) is 38.3 Å². The molecule has 1 fully saturated rings. The van der Waals surface area contributed by atoms with E-state index in [4.69, 9.17) is 9.47 Å². The monoisotopic (exact) mass is 278 g/mol. The van der Waals surface area contributed by atoms with Crippen molar-refractivity contribution in [1.29, 1.82) is 0 Å². The van der Waals surface area contributed by atoms with Gasteiger partial charge in [-0.2, -0.15) is 0 Å². The van der Waals surface area contributed by atoms with Crippen LogP contribution in [0.3, 0.4) is 0 Å². The normalized spacial score (nSPS) is 20.2. The van der Waals surface area contributed by atoms with Crippen LogP contribution in [-0.2, 0) is 9.53 Å². The van der Waals surface area contributed by atoms with Crippen molar-refractivity contribution in [2.75, 3.05) is 26.4 Å². The molecule has 0 radical (unpaired) electrons. The van der Waals surface area contributed by atoms with Gasteiger partial charge in [0.25, 0.3) is 0 Å². The molecule has 1 aliphatic heterocycles. The summed E-state index contributed by atoms with van der Waals surface area (Å²) in [5.74, 6) is 0.822. The molecule has 1 aromatic carbocycles. The first-order valence-electron chi connectivity index (χ1n) is 7.05.